The first-order valence-electron chi connectivity index (χ1n) is 10.3. The molecule has 31 heavy (non-hydrogen) atoms. The van der Waals surface area contributed by atoms with E-state index < -0.39 is 0 Å². The van der Waals surface area contributed by atoms with Crippen molar-refractivity contribution in [3.8, 4) is 0 Å². The average molecular weight is 439 g/mol. The lowest BCUT2D eigenvalue weighted by atomic mass is 10.1. The molecule has 0 atom stereocenters. The summed E-state index contributed by atoms with van der Waals surface area (Å²) in [5.74, 6) is -0.623. The summed E-state index contributed by atoms with van der Waals surface area (Å²) in [6.45, 7) is 6.55. The van der Waals surface area contributed by atoms with Crippen LogP contribution in [0.2, 0.25) is 0 Å². The van der Waals surface area contributed by atoms with Crippen LogP contribution in [0.25, 0.3) is 0 Å². The van der Waals surface area contributed by atoms with Crippen molar-refractivity contribution >= 4 is 23.2 Å². The molecule has 1 heterocycles. The third-order valence-corrected chi connectivity index (χ3v) is 5.92. The summed E-state index contributed by atoms with van der Waals surface area (Å²) in [5, 5.41) is 1.97. The fraction of sp³-hybridized carbons (Fsp3) is 0.280. The molecule has 0 aliphatic heterocycles. The van der Waals surface area contributed by atoms with Gasteiger partial charge in [0, 0.05) is 23.0 Å². The van der Waals surface area contributed by atoms with Crippen molar-refractivity contribution in [1.29, 1.82) is 0 Å². The molecule has 0 bridgehead atoms. The molecule has 0 aliphatic carbocycles. The Kier molecular flexibility index (Phi) is 7.58. The van der Waals surface area contributed by atoms with E-state index in [2.05, 4.69) is 0 Å². The Labute approximate surface area is 186 Å². The van der Waals surface area contributed by atoms with E-state index in [1.807, 2.05) is 50.4 Å². The molecular weight excluding hydrogens is 411 g/mol. The van der Waals surface area contributed by atoms with Crippen LogP contribution in [-0.4, -0.2) is 34.2 Å². The lowest BCUT2D eigenvalue weighted by Gasteiger charge is -2.30. The summed E-state index contributed by atoms with van der Waals surface area (Å²) in [4.78, 5) is 30.8. The van der Waals surface area contributed by atoms with Crippen LogP contribution >= 0.6 is 11.3 Å². The number of rotatable bonds is 8. The van der Waals surface area contributed by atoms with Crippen LogP contribution in [0.1, 0.15) is 40.2 Å². The van der Waals surface area contributed by atoms with Gasteiger partial charge >= 0.3 is 0 Å². The number of nitrogens with zero attached hydrogens (tertiary/aromatic N) is 2. The SMILES string of the molecule is Cc1ccc(C(=O)N(CC(=O)N(Cc2ccc(F)cc2)Cc2cccs2)C(C)C)cc1. The topological polar surface area (TPSA) is 40.6 Å². The van der Waals surface area contributed by atoms with Gasteiger partial charge < -0.3 is 9.80 Å². The van der Waals surface area contributed by atoms with E-state index in [9.17, 15) is 14.0 Å². The van der Waals surface area contributed by atoms with Crippen molar-refractivity contribution in [1.82, 2.24) is 9.80 Å². The Balaban J connectivity index is 1.79. The smallest absolute Gasteiger partial charge is 0.254 e. The number of hydrogen-bond acceptors (Lipinski definition) is 3. The number of benzene rings is 2. The first-order valence-corrected chi connectivity index (χ1v) is 11.1. The molecule has 0 saturated carbocycles. The minimum absolute atomic E-state index is 0.0169. The first-order chi connectivity index (χ1) is 14.8. The van der Waals surface area contributed by atoms with Crippen molar-refractivity contribution in [2.75, 3.05) is 6.54 Å². The lowest BCUT2D eigenvalue weighted by molar-refractivity contribution is -0.133. The van der Waals surface area contributed by atoms with E-state index in [-0.39, 0.29) is 30.2 Å². The molecule has 0 saturated heterocycles. The molecular formula is C25H27FN2O2S. The van der Waals surface area contributed by atoms with Gasteiger partial charge in [-0.1, -0.05) is 35.9 Å². The minimum Gasteiger partial charge on any atom is -0.332 e. The molecule has 0 fully saturated rings. The molecule has 6 heteroatoms. The number of carbonyl (C=O) groups is 2. The molecule has 2 amide bonds. The summed E-state index contributed by atoms with van der Waals surface area (Å²) in [7, 11) is 0. The van der Waals surface area contributed by atoms with E-state index in [0.29, 0.717) is 18.7 Å². The monoisotopic (exact) mass is 438 g/mol. The average Bonchev–Trinajstić information content (AvgIpc) is 3.26. The quantitative estimate of drug-likeness (QED) is 0.480. The molecule has 2 aromatic carbocycles. The van der Waals surface area contributed by atoms with Crippen molar-refractivity contribution in [3.63, 3.8) is 0 Å². The highest BCUT2D eigenvalue weighted by Gasteiger charge is 2.25. The summed E-state index contributed by atoms with van der Waals surface area (Å²) in [5.41, 5.74) is 2.48. The number of carbonyl (C=O) groups excluding carboxylic acids is 2. The van der Waals surface area contributed by atoms with Crippen LogP contribution < -0.4 is 0 Å². The lowest BCUT2D eigenvalue weighted by Crippen LogP contribution is -2.45. The second-order valence-corrected chi connectivity index (χ2v) is 8.88. The van der Waals surface area contributed by atoms with Gasteiger partial charge in [0.25, 0.3) is 5.91 Å². The van der Waals surface area contributed by atoms with Crippen LogP contribution in [0.15, 0.2) is 66.0 Å². The van der Waals surface area contributed by atoms with Crippen LogP contribution in [0.4, 0.5) is 4.39 Å². The maximum absolute atomic E-state index is 13.3. The van der Waals surface area contributed by atoms with E-state index in [4.69, 9.17) is 0 Å². The number of aryl methyl sites for hydroxylation is 1. The molecule has 0 unspecified atom stereocenters. The van der Waals surface area contributed by atoms with E-state index in [1.165, 1.54) is 12.1 Å². The van der Waals surface area contributed by atoms with Crippen LogP contribution in [0, 0.1) is 12.7 Å². The third-order valence-electron chi connectivity index (χ3n) is 5.05. The van der Waals surface area contributed by atoms with Crippen molar-refractivity contribution in [2.24, 2.45) is 0 Å². The first kappa shape index (κ1) is 22.7. The fourth-order valence-corrected chi connectivity index (χ4v) is 3.95. The van der Waals surface area contributed by atoms with Crippen LogP contribution in [-0.2, 0) is 17.9 Å². The number of halogens is 1. The van der Waals surface area contributed by atoms with Gasteiger partial charge in [0.05, 0.1) is 6.54 Å². The highest BCUT2D eigenvalue weighted by Crippen LogP contribution is 2.17. The second-order valence-electron chi connectivity index (χ2n) is 7.85. The normalized spacial score (nSPS) is 10.9. The highest BCUT2D eigenvalue weighted by molar-refractivity contribution is 7.09. The highest BCUT2D eigenvalue weighted by atomic mass is 32.1. The summed E-state index contributed by atoms with van der Waals surface area (Å²) in [6, 6.07) is 17.3. The fourth-order valence-electron chi connectivity index (χ4n) is 3.23. The molecule has 162 valence electrons. The number of hydrogen-bond donors (Lipinski definition) is 0. The third kappa shape index (κ3) is 6.25. The molecule has 0 radical (unpaired) electrons. The van der Waals surface area contributed by atoms with Crippen molar-refractivity contribution < 1.29 is 14.0 Å². The van der Waals surface area contributed by atoms with Gasteiger partial charge in [0.2, 0.25) is 5.91 Å². The van der Waals surface area contributed by atoms with Gasteiger partial charge in [-0.25, -0.2) is 4.39 Å². The maximum atomic E-state index is 13.3. The van der Waals surface area contributed by atoms with Gasteiger partial charge in [-0.15, -0.1) is 11.3 Å². The van der Waals surface area contributed by atoms with Crippen LogP contribution in [0.3, 0.4) is 0 Å². The van der Waals surface area contributed by atoms with Gasteiger partial charge in [0.1, 0.15) is 12.4 Å². The Hall–Kier alpha value is -2.99. The predicted octanol–water partition coefficient (Wildman–Crippen LogP) is 5.28. The molecule has 0 N–H and O–H groups in total. The van der Waals surface area contributed by atoms with Crippen molar-refractivity contribution in [2.45, 2.75) is 39.9 Å². The molecule has 0 aliphatic rings. The predicted molar refractivity (Wildman–Crippen MR) is 122 cm³/mol. The van der Waals surface area contributed by atoms with E-state index in [1.54, 1.807) is 45.4 Å². The van der Waals surface area contributed by atoms with Crippen molar-refractivity contribution in [3.05, 3.63) is 93.4 Å². The molecule has 3 aromatic rings. The second kappa shape index (κ2) is 10.4. The summed E-state index contributed by atoms with van der Waals surface area (Å²) >= 11 is 1.58. The number of amides is 2. The molecule has 4 nitrogen and oxygen atoms in total. The summed E-state index contributed by atoms with van der Waals surface area (Å²) in [6.07, 6.45) is 0. The van der Waals surface area contributed by atoms with Gasteiger partial charge in [-0.05, 0) is 62.0 Å². The maximum Gasteiger partial charge on any atom is 0.254 e. The van der Waals surface area contributed by atoms with Gasteiger partial charge in [0.15, 0.2) is 0 Å². The van der Waals surface area contributed by atoms with Gasteiger partial charge in [-0.3, -0.25) is 9.59 Å². The summed E-state index contributed by atoms with van der Waals surface area (Å²) < 4.78 is 13.3. The zero-order valence-electron chi connectivity index (χ0n) is 18.0. The van der Waals surface area contributed by atoms with E-state index in [0.717, 1.165) is 16.0 Å². The molecule has 0 spiro atoms. The Bertz CT molecular complexity index is 999. The van der Waals surface area contributed by atoms with Gasteiger partial charge in [-0.2, -0.15) is 0 Å². The number of thiophene rings is 1. The van der Waals surface area contributed by atoms with Crippen LogP contribution in [0.5, 0.6) is 0 Å². The Morgan fingerprint density at radius 3 is 2.23 bits per heavy atom. The van der Waals surface area contributed by atoms with E-state index >= 15 is 0 Å². The largest absolute Gasteiger partial charge is 0.332 e. The Morgan fingerprint density at radius 2 is 1.65 bits per heavy atom. The Morgan fingerprint density at radius 1 is 0.968 bits per heavy atom. The zero-order chi connectivity index (χ0) is 22.4. The zero-order valence-corrected chi connectivity index (χ0v) is 18.9. The minimum atomic E-state index is -0.311. The standard InChI is InChI=1S/C25H27FN2O2S/c1-18(2)28(25(30)21-10-6-19(3)7-11-21)17-24(29)27(16-23-5-4-14-31-23)15-20-8-12-22(26)13-9-20/h4-14,18H,15-17H2,1-3H3. The molecule has 1 aromatic heterocycles. The molecule has 3 rings (SSSR count).